The van der Waals surface area contributed by atoms with E-state index in [1.54, 1.807) is 11.3 Å². The van der Waals surface area contributed by atoms with Gasteiger partial charge in [-0.1, -0.05) is 37.3 Å². The van der Waals surface area contributed by atoms with E-state index in [1.807, 2.05) is 6.07 Å². The Morgan fingerprint density at radius 2 is 2.14 bits per heavy atom. The monoisotopic (exact) mass is 299 g/mol. The number of aromatic nitrogens is 4. The number of H-pyrrole nitrogens is 1. The predicted octanol–water partition coefficient (Wildman–Crippen LogP) is 2.82. The highest BCUT2D eigenvalue weighted by Gasteiger charge is 2.14. The number of hydrogen-bond donors (Lipinski definition) is 2. The predicted molar refractivity (Wildman–Crippen MR) is 84.1 cm³/mol. The number of likely N-dealkylation sites (N-methyl/N-ethyl adjacent to an activating group) is 1. The Bertz CT molecular complexity index is 662. The second-order valence-electron chi connectivity index (χ2n) is 4.70. The summed E-state index contributed by atoms with van der Waals surface area (Å²) >= 11 is 1.59. The number of nitrogens with zero attached hydrogens (tertiary/aromatic N) is 3. The molecule has 0 radical (unpaired) electrons. The summed E-state index contributed by atoms with van der Waals surface area (Å²) in [7, 11) is 0. The van der Waals surface area contributed by atoms with Crippen LogP contribution in [0.15, 0.2) is 42.0 Å². The Morgan fingerprint density at radius 3 is 2.86 bits per heavy atom. The lowest BCUT2D eigenvalue weighted by Crippen LogP contribution is -2.23. The van der Waals surface area contributed by atoms with Crippen molar-refractivity contribution >= 4 is 11.3 Å². The Morgan fingerprint density at radius 1 is 1.29 bits per heavy atom. The van der Waals surface area contributed by atoms with Crippen LogP contribution in [-0.2, 0) is 6.42 Å². The standard InChI is InChI=1S/C15H17N5S/c1-2-16-13(11-6-4-3-5-7-11)8-12-9-21-15(19-12)14-17-10-18-20-14/h3-7,9-10,13,16H,2,8H2,1H3,(H,17,18,20). The lowest BCUT2D eigenvalue weighted by atomic mass is 10.0. The molecule has 0 bridgehead atoms. The average Bonchev–Trinajstić information content (AvgIpc) is 3.19. The summed E-state index contributed by atoms with van der Waals surface area (Å²) in [6.45, 7) is 3.05. The molecule has 1 unspecified atom stereocenters. The van der Waals surface area contributed by atoms with Crippen LogP contribution >= 0.6 is 11.3 Å². The van der Waals surface area contributed by atoms with Gasteiger partial charge in [0, 0.05) is 17.8 Å². The zero-order valence-electron chi connectivity index (χ0n) is 11.8. The van der Waals surface area contributed by atoms with Gasteiger partial charge in [-0.2, -0.15) is 5.10 Å². The third-order valence-corrected chi connectivity index (χ3v) is 4.13. The summed E-state index contributed by atoms with van der Waals surface area (Å²) in [5, 5.41) is 13.2. The van der Waals surface area contributed by atoms with Crippen LogP contribution in [0.3, 0.4) is 0 Å². The highest BCUT2D eigenvalue weighted by atomic mass is 32.1. The SMILES string of the molecule is CCNC(Cc1csc(-c2ncn[nH]2)n1)c1ccccc1. The zero-order chi connectivity index (χ0) is 14.5. The van der Waals surface area contributed by atoms with Gasteiger partial charge in [-0.15, -0.1) is 11.3 Å². The van der Waals surface area contributed by atoms with Gasteiger partial charge in [0.1, 0.15) is 6.33 Å². The van der Waals surface area contributed by atoms with E-state index >= 15 is 0 Å². The number of nitrogens with one attached hydrogen (secondary N) is 2. The normalized spacial score (nSPS) is 12.4. The number of hydrogen-bond acceptors (Lipinski definition) is 5. The molecule has 0 saturated heterocycles. The summed E-state index contributed by atoms with van der Waals surface area (Å²) in [4.78, 5) is 8.78. The first-order valence-electron chi connectivity index (χ1n) is 6.95. The van der Waals surface area contributed by atoms with Crippen molar-refractivity contribution in [2.24, 2.45) is 0 Å². The molecule has 0 fully saturated rings. The molecule has 2 aromatic heterocycles. The first-order chi connectivity index (χ1) is 10.4. The molecule has 0 aliphatic rings. The maximum Gasteiger partial charge on any atom is 0.184 e. The van der Waals surface area contributed by atoms with Gasteiger partial charge < -0.3 is 5.32 Å². The Labute approximate surface area is 127 Å². The van der Waals surface area contributed by atoms with E-state index in [9.17, 15) is 0 Å². The molecular weight excluding hydrogens is 282 g/mol. The van der Waals surface area contributed by atoms with Crippen molar-refractivity contribution < 1.29 is 0 Å². The minimum atomic E-state index is 0.279. The van der Waals surface area contributed by atoms with Crippen molar-refractivity contribution in [2.75, 3.05) is 6.54 Å². The smallest absolute Gasteiger partial charge is 0.184 e. The molecule has 0 spiro atoms. The third-order valence-electron chi connectivity index (χ3n) is 3.24. The summed E-state index contributed by atoms with van der Waals surface area (Å²) in [6, 6.07) is 10.8. The summed E-state index contributed by atoms with van der Waals surface area (Å²) < 4.78 is 0. The molecule has 5 nitrogen and oxygen atoms in total. The molecule has 108 valence electrons. The van der Waals surface area contributed by atoms with Gasteiger partial charge in [0.15, 0.2) is 10.8 Å². The maximum absolute atomic E-state index is 4.65. The number of benzene rings is 1. The highest BCUT2D eigenvalue weighted by Crippen LogP contribution is 2.23. The van der Waals surface area contributed by atoms with E-state index in [2.05, 4.69) is 62.1 Å². The fourth-order valence-electron chi connectivity index (χ4n) is 2.27. The summed E-state index contributed by atoms with van der Waals surface area (Å²) in [6.07, 6.45) is 2.37. The topological polar surface area (TPSA) is 66.5 Å². The largest absolute Gasteiger partial charge is 0.310 e. The van der Waals surface area contributed by atoms with Gasteiger partial charge in [-0.05, 0) is 12.1 Å². The van der Waals surface area contributed by atoms with Crippen LogP contribution in [0.1, 0.15) is 24.2 Å². The van der Waals surface area contributed by atoms with E-state index in [-0.39, 0.29) is 6.04 Å². The van der Waals surface area contributed by atoms with Gasteiger partial charge in [-0.3, -0.25) is 5.10 Å². The molecule has 0 saturated carbocycles. The van der Waals surface area contributed by atoms with E-state index < -0.39 is 0 Å². The van der Waals surface area contributed by atoms with Crippen LogP contribution in [0.25, 0.3) is 10.8 Å². The molecule has 3 aromatic rings. The molecule has 2 N–H and O–H groups in total. The van der Waals surface area contributed by atoms with Crippen LogP contribution in [0.4, 0.5) is 0 Å². The Hall–Kier alpha value is -2.05. The van der Waals surface area contributed by atoms with E-state index in [0.717, 1.165) is 29.5 Å². The average molecular weight is 299 g/mol. The fraction of sp³-hybridized carbons (Fsp3) is 0.267. The van der Waals surface area contributed by atoms with Crippen molar-refractivity contribution in [3.63, 3.8) is 0 Å². The van der Waals surface area contributed by atoms with Crippen molar-refractivity contribution in [3.05, 3.63) is 53.3 Å². The molecule has 3 rings (SSSR count). The molecular formula is C15H17N5S. The molecule has 0 aliphatic carbocycles. The van der Waals surface area contributed by atoms with Gasteiger partial charge >= 0.3 is 0 Å². The quantitative estimate of drug-likeness (QED) is 0.734. The number of rotatable bonds is 6. The van der Waals surface area contributed by atoms with E-state index in [0.29, 0.717) is 0 Å². The molecule has 6 heteroatoms. The number of aromatic amines is 1. The maximum atomic E-state index is 4.65. The molecule has 2 heterocycles. The van der Waals surface area contributed by atoms with Crippen LogP contribution in [0.5, 0.6) is 0 Å². The van der Waals surface area contributed by atoms with Crippen LogP contribution in [0.2, 0.25) is 0 Å². The van der Waals surface area contributed by atoms with Crippen molar-refractivity contribution in [2.45, 2.75) is 19.4 Å². The summed E-state index contributed by atoms with van der Waals surface area (Å²) in [5.74, 6) is 0.728. The lowest BCUT2D eigenvalue weighted by Gasteiger charge is -2.17. The van der Waals surface area contributed by atoms with Gasteiger partial charge in [0.05, 0.1) is 5.69 Å². The van der Waals surface area contributed by atoms with Crippen LogP contribution < -0.4 is 5.32 Å². The Balaban J connectivity index is 1.77. The molecule has 0 amide bonds. The van der Waals surface area contributed by atoms with Crippen molar-refractivity contribution in [3.8, 4) is 10.8 Å². The van der Waals surface area contributed by atoms with Gasteiger partial charge in [-0.25, -0.2) is 9.97 Å². The Kier molecular flexibility index (Phi) is 4.37. The van der Waals surface area contributed by atoms with Gasteiger partial charge in [0.2, 0.25) is 0 Å². The minimum Gasteiger partial charge on any atom is -0.310 e. The van der Waals surface area contributed by atoms with Crippen molar-refractivity contribution in [1.29, 1.82) is 0 Å². The first-order valence-corrected chi connectivity index (χ1v) is 7.83. The summed E-state index contributed by atoms with van der Waals surface area (Å²) in [5.41, 5.74) is 2.36. The zero-order valence-corrected chi connectivity index (χ0v) is 12.6. The van der Waals surface area contributed by atoms with E-state index in [1.165, 1.54) is 11.9 Å². The van der Waals surface area contributed by atoms with Crippen molar-refractivity contribution in [1.82, 2.24) is 25.5 Å². The van der Waals surface area contributed by atoms with E-state index in [4.69, 9.17) is 0 Å². The third kappa shape index (κ3) is 3.34. The minimum absolute atomic E-state index is 0.279. The molecule has 1 atom stereocenters. The molecule has 21 heavy (non-hydrogen) atoms. The van der Waals surface area contributed by atoms with Crippen LogP contribution in [0, 0.1) is 0 Å². The second kappa shape index (κ2) is 6.60. The lowest BCUT2D eigenvalue weighted by molar-refractivity contribution is 0.545. The molecule has 0 aliphatic heterocycles. The molecule has 1 aromatic carbocycles. The highest BCUT2D eigenvalue weighted by molar-refractivity contribution is 7.13. The second-order valence-corrected chi connectivity index (χ2v) is 5.56. The van der Waals surface area contributed by atoms with Crippen LogP contribution in [-0.4, -0.2) is 26.7 Å². The van der Waals surface area contributed by atoms with Gasteiger partial charge in [0.25, 0.3) is 0 Å². The first kappa shape index (κ1) is 13.9. The number of thiazole rings is 1. The fourth-order valence-corrected chi connectivity index (χ4v) is 3.04.